The van der Waals surface area contributed by atoms with E-state index >= 15 is 0 Å². The Kier molecular flexibility index (Phi) is 4.93. The second kappa shape index (κ2) is 6.94. The number of hydrogen-bond donors (Lipinski definition) is 0. The molecule has 120 valence electrons. The Morgan fingerprint density at radius 1 is 1.04 bits per heavy atom. The number of aryl methyl sites for hydroxylation is 1. The minimum Gasteiger partial charge on any atom is -0.465 e. The first-order valence-electron chi connectivity index (χ1n) is 7.69. The summed E-state index contributed by atoms with van der Waals surface area (Å²) in [6.45, 7) is 2.56. The van der Waals surface area contributed by atoms with E-state index in [0.717, 1.165) is 12.0 Å². The maximum Gasteiger partial charge on any atom is 0.309 e. The van der Waals surface area contributed by atoms with Gasteiger partial charge in [0.2, 0.25) is 0 Å². The zero-order valence-electron chi connectivity index (χ0n) is 12.9. The predicted octanol–water partition coefficient (Wildman–Crippen LogP) is 4.88. The van der Waals surface area contributed by atoms with Crippen LogP contribution in [0.4, 0.5) is 0 Å². The van der Waals surface area contributed by atoms with Gasteiger partial charge >= 0.3 is 5.97 Å². The number of esters is 1. The summed E-state index contributed by atoms with van der Waals surface area (Å²) in [7, 11) is 0. The number of ether oxygens (including phenoxy) is 1. The number of rotatable bonds is 4. The van der Waals surface area contributed by atoms with Crippen molar-refractivity contribution in [3.05, 3.63) is 69.2 Å². The summed E-state index contributed by atoms with van der Waals surface area (Å²) in [4.78, 5) is 12.1. The number of carbonyl (C=O) groups is 1. The van der Waals surface area contributed by atoms with E-state index in [-0.39, 0.29) is 17.8 Å². The van der Waals surface area contributed by atoms with Crippen LogP contribution in [-0.2, 0) is 22.4 Å². The zero-order chi connectivity index (χ0) is 16.4. The van der Waals surface area contributed by atoms with Crippen molar-refractivity contribution in [2.75, 3.05) is 6.61 Å². The molecule has 0 spiro atoms. The minimum absolute atomic E-state index is 0.117. The van der Waals surface area contributed by atoms with Crippen molar-refractivity contribution >= 4 is 29.2 Å². The molecule has 0 saturated carbocycles. The van der Waals surface area contributed by atoms with Crippen molar-refractivity contribution in [3.8, 4) is 0 Å². The lowest BCUT2D eigenvalue weighted by Gasteiger charge is -2.16. The van der Waals surface area contributed by atoms with Crippen LogP contribution in [-0.4, -0.2) is 12.6 Å². The van der Waals surface area contributed by atoms with Crippen LogP contribution in [0.15, 0.2) is 42.5 Å². The van der Waals surface area contributed by atoms with E-state index in [1.165, 1.54) is 11.1 Å². The number of benzene rings is 2. The Morgan fingerprint density at radius 3 is 2.57 bits per heavy atom. The summed E-state index contributed by atoms with van der Waals surface area (Å²) in [5.41, 5.74) is 3.48. The van der Waals surface area contributed by atoms with Gasteiger partial charge in [0.15, 0.2) is 0 Å². The van der Waals surface area contributed by atoms with Crippen molar-refractivity contribution in [2.24, 2.45) is 11.8 Å². The number of cyclic esters (lactones) is 1. The molecule has 4 heteroatoms. The normalized spacial score (nSPS) is 20.6. The maximum absolute atomic E-state index is 12.1. The second-order valence-electron chi connectivity index (χ2n) is 6.14. The van der Waals surface area contributed by atoms with E-state index in [0.29, 0.717) is 23.1 Å². The van der Waals surface area contributed by atoms with Crippen LogP contribution in [0, 0.1) is 18.8 Å². The molecule has 2 aromatic carbocycles. The molecule has 1 heterocycles. The van der Waals surface area contributed by atoms with E-state index in [1.807, 2.05) is 12.1 Å². The van der Waals surface area contributed by atoms with E-state index in [2.05, 4.69) is 31.2 Å². The second-order valence-corrected chi connectivity index (χ2v) is 6.96. The van der Waals surface area contributed by atoms with E-state index < -0.39 is 0 Å². The fourth-order valence-electron chi connectivity index (χ4n) is 3.12. The Balaban J connectivity index is 1.75. The van der Waals surface area contributed by atoms with Gasteiger partial charge in [-0.1, -0.05) is 59.1 Å². The highest BCUT2D eigenvalue weighted by atomic mass is 35.5. The van der Waals surface area contributed by atoms with Gasteiger partial charge in [-0.3, -0.25) is 4.79 Å². The largest absolute Gasteiger partial charge is 0.465 e. The smallest absolute Gasteiger partial charge is 0.309 e. The van der Waals surface area contributed by atoms with Crippen molar-refractivity contribution < 1.29 is 9.53 Å². The average molecular weight is 349 g/mol. The summed E-state index contributed by atoms with van der Waals surface area (Å²) < 4.78 is 5.31. The van der Waals surface area contributed by atoms with Crippen LogP contribution in [0.1, 0.15) is 16.7 Å². The Morgan fingerprint density at radius 2 is 1.83 bits per heavy atom. The molecule has 0 amide bonds. The number of carbonyl (C=O) groups excluding carboxylic acids is 1. The molecule has 1 saturated heterocycles. The monoisotopic (exact) mass is 348 g/mol. The van der Waals surface area contributed by atoms with Crippen molar-refractivity contribution in [1.29, 1.82) is 0 Å². The third-order valence-corrected chi connectivity index (χ3v) is 5.07. The van der Waals surface area contributed by atoms with Gasteiger partial charge in [0, 0.05) is 5.92 Å². The molecule has 3 rings (SSSR count). The summed E-state index contributed by atoms with van der Waals surface area (Å²) in [5, 5.41) is 1.05. The topological polar surface area (TPSA) is 26.3 Å². The molecule has 23 heavy (non-hydrogen) atoms. The maximum atomic E-state index is 12.1. The van der Waals surface area contributed by atoms with Gasteiger partial charge in [0.05, 0.1) is 22.6 Å². The molecule has 0 aliphatic carbocycles. The minimum atomic E-state index is -0.132. The number of halogens is 2. The van der Waals surface area contributed by atoms with Gasteiger partial charge in [-0.15, -0.1) is 0 Å². The quantitative estimate of drug-likeness (QED) is 0.736. The summed E-state index contributed by atoms with van der Waals surface area (Å²) >= 11 is 12.0. The summed E-state index contributed by atoms with van der Waals surface area (Å²) in [6.07, 6.45) is 1.48. The molecule has 2 aromatic rings. The van der Waals surface area contributed by atoms with Crippen LogP contribution in [0.3, 0.4) is 0 Å². The van der Waals surface area contributed by atoms with Gasteiger partial charge in [-0.25, -0.2) is 0 Å². The molecule has 0 aromatic heterocycles. The third-order valence-electron chi connectivity index (χ3n) is 4.33. The van der Waals surface area contributed by atoms with Crippen LogP contribution in [0.25, 0.3) is 0 Å². The SMILES string of the molecule is Cc1cccc(C[C@H]2COC(=O)[C@@H]2Cc2ccc(Cl)c(Cl)c2)c1. The first kappa shape index (κ1) is 16.4. The molecule has 0 radical (unpaired) electrons. The van der Waals surface area contributed by atoms with Crippen LogP contribution < -0.4 is 0 Å². The fraction of sp³-hybridized carbons (Fsp3) is 0.316. The molecule has 0 unspecified atom stereocenters. The van der Waals surface area contributed by atoms with Crippen LogP contribution >= 0.6 is 23.2 Å². The third kappa shape index (κ3) is 3.88. The fourth-order valence-corrected chi connectivity index (χ4v) is 3.44. The molecule has 0 bridgehead atoms. The predicted molar refractivity (Wildman–Crippen MR) is 93.0 cm³/mol. The lowest BCUT2D eigenvalue weighted by molar-refractivity contribution is -0.141. The van der Waals surface area contributed by atoms with E-state index in [4.69, 9.17) is 27.9 Å². The zero-order valence-corrected chi connectivity index (χ0v) is 14.4. The van der Waals surface area contributed by atoms with Crippen LogP contribution in [0.5, 0.6) is 0 Å². The van der Waals surface area contributed by atoms with Crippen molar-refractivity contribution in [3.63, 3.8) is 0 Å². The van der Waals surface area contributed by atoms with E-state index in [1.54, 1.807) is 6.07 Å². The Labute approximate surface area is 146 Å². The van der Waals surface area contributed by atoms with Gasteiger partial charge in [-0.2, -0.15) is 0 Å². The highest BCUT2D eigenvalue weighted by molar-refractivity contribution is 6.42. The molecule has 0 N–H and O–H groups in total. The van der Waals surface area contributed by atoms with Crippen LogP contribution in [0.2, 0.25) is 10.0 Å². The highest BCUT2D eigenvalue weighted by Gasteiger charge is 2.36. The summed E-state index contributed by atoms with van der Waals surface area (Å²) in [6, 6.07) is 13.9. The van der Waals surface area contributed by atoms with Gasteiger partial charge in [-0.05, 0) is 43.0 Å². The molecule has 1 aliphatic rings. The Bertz CT molecular complexity index is 727. The van der Waals surface area contributed by atoms with Gasteiger partial charge in [0.1, 0.15) is 0 Å². The lowest BCUT2D eigenvalue weighted by atomic mass is 9.85. The standard InChI is InChI=1S/C19H18Cl2O2/c1-12-3-2-4-13(7-12)8-15-11-23-19(22)16(15)9-14-5-6-17(20)18(21)10-14/h2-7,10,15-16H,8-9,11H2,1H3/t15-,16+/m0/s1. The molecular formula is C19H18Cl2O2. The van der Waals surface area contributed by atoms with Crippen molar-refractivity contribution in [1.82, 2.24) is 0 Å². The molecule has 2 atom stereocenters. The lowest BCUT2D eigenvalue weighted by Crippen LogP contribution is -2.20. The molecule has 1 fully saturated rings. The van der Waals surface area contributed by atoms with Gasteiger partial charge < -0.3 is 4.74 Å². The Hall–Kier alpha value is -1.51. The summed E-state index contributed by atoms with van der Waals surface area (Å²) in [5.74, 6) is -0.0553. The number of hydrogen-bond acceptors (Lipinski definition) is 2. The first-order chi connectivity index (χ1) is 11.0. The highest BCUT2D eigenvalue weighted by Crippen LogP contribution is 2.31. The van der Waals surface area contributed by atoms with Crippen molar-refractivity contribution in [2.45, 2.75) is 19.8 Å². The first-order valence-corrected chi connectivity index (χ1v) is 8.44. The average Bonchev–Trinajstić information content (AvgIpc) is 2.84. The molecule has 1 aliphatic heterocycles. The van der Waals surface area contributed by atoms with E-state index in [9.17, 15) is 4.79 Å². The van der Waals surface area contributed by atoms with Gasteiger partial charge in [0.25, 0.3) is 0 Å². The molecule has 2 nitrogen and oxygen atoms in total. The molecular weight excluding hydrogens is 331 g/mol.